The Hall–Kier alpha value is -1.79. The fourth-order valence-corrected chi connectivity index (χ4v) is 2.45. The van der Waals surface area contributed by atoms with Gasteiger partial charge in [0.1, 0.15) is 5.75 Å². The number of amidine groups is 1. The van der Waals surface area contributed by atoms with Crippen LogP contribution in [0.25, 0.3) is 6.08 Å². The largest absolute Gasteiger partial charge is 0.497 e. The molecule has 20 heavy (non-hydrogen) atoms. The predicted molar refractivity (Wildman–Crippen MR) is 80.7 cm³/mol. The van der Waals surface area contributed by atoms with Gasteiger partial charge < -0.3 is 15.2 Å². The second-order valence-corrected chi connectivity index (χ2v) is 5.13. The van der Waals surface area contributed by atoms with Crippen LogP contribution >= 0.6 is 11.8 Å². The van der Waals surface area contributed by atoms with Crippen LogP contribution in [0.5, 0.6) is 5.75 Å². The van der Waals surface area contributed by atoms with E-state index in [1.165, 1.54) is 11.8 Å². The van der Waals surface area contributed by atoms with Gasteiger partial charge in [0, 0.05) is 13.2 Å². The first kappa shape index (κ1) is 14.6. The second kappa shape index (κ2) is 7.12. The molecule has 2 rings (SSSR count). The molecule has 0 aromatic heterocycles. The fraction of sp³-hybridized carbons (Fsp3) is 0.286. The van der Waals surface area contributed by atoms with Crippen LogP contribution in [-0.2, 0) is 4.79 Å². The Balaban J connectivity index is 2.06. The first-order valence-electron chi connectivity index (χ1n) is 6.23. The van der Waals surface area contributed by atoms with E-state index in [0.717, 1.165) is 11.3 Å². The number of hydrogen-bond acceptors (Lipinski definition) is 5. The quantitative estimate of drug-likeness (QED) is 0.639. The molecule has 0 spiro atoms. The van der Waals surface area contributed by atoms with E-state index in [2.05, 4.69) is 10.3 Å². The number of aliphatic hydroxyl groups excluding tert-OH is 1. The van der Waals surface area contributed by atoms with Gasteiger partial charge in [-0.15, -0.1) is 0 Å². The SMILES string of the molecule is COc1ccc(/C=C2\SC(=NCCCO)NC2=O)cc1. The molecule has 106 valence electrons. The van der Waals surface area contributed by atoms with Crippen molar-refractivity contribution in [3.8, 4) is 5.75 Å². The molecule has 6 heteroatoms. The van der Waals surface area contributed by atoms with E-state index < -0.39 is 0 Å². The third kappa shape index (κ3) is 3.85. The zero-order valence-corrected chi connectivity index (χ0v) is 11.9. The molecule has 0 atom stereocenters. The highest BCUT2D eigenvalue weighted by Gasteiger charge is 2.23. The van der Waals surface area contributed by atoms with Crippen molar-refractivity contribution < 1.29 is 14.6 Å². The summed E-state index contributed by atoms with van der Waals surface area (Å²) >= 11 is 1.31. The van der Waals surface area contributed by atoms with Crippen molar-refractivity contribution in [2.75, 3.05) is 20.3 Å². The van der Waals surface area contributed by atoms with Gasteiger partial charge in [-0.1, -0.05) is 12.1 Å². The molecule has 1 saturated heterocycles. The molecule has 1 aromatic rings. The van der Waals surface area contributed by atoms with Gasteiger partial charge in [-0.3, -0.25) is 9.79 Å². The molecule has 2 N–H and O–H groups in total. The second-order valence-electron chi connectivity index (χ2n) is 4.10. The normalized spacial score (nSPS) is 18.6. The molecule has 0 aliphatic carbocycles. The Morgan fingerprint density at radius 1 is 1.40 bits per heavy atom. The number of aliphatic hydroxyl groups is 1. The Morgan fingerprint density at radius 2 is 2.15 bits per heavy atom. The molecule has 1 heterocycles. The Kier molecular flexibility index (Phi) is 5.20. The van der Waals surface area contributed by atoms with Gasteiger partial charge >= 0.3 is 0 Å². The zero-order valence-electron chi connectivity index (χ0n) is 11.1. The zero-order chi connectivity index (χ0) is 14.4. The maximum atomic E-state index is 11.8. The number of nitrogens with zero attached hydrogens (tertiary/aromatic N) is 1. The minimum absolute atomic E-state index is 0.101. The predicted octanol–water partition coefficient (Wildman–Crippen LogP) is 1.64. The first-order chi connectivity index (χ1) is 9.72. The number of carbonyl (C=O) groups is 1. The van der Waals surface area contributed by atoms with Gasteiger partial charge in [-0.25, -0.2) is 0 Å². The first-order valence-corrected chi connectivity index (χ1v) is 7.05. The third-order valence-electron chi connectivity index (χ3n) is 2.64. The highest BCUT2D eigenvalue weighted by molar-refractivity contribution is 8.18. The lowest BCUT2D eigenvalue weighted by molar-refractivity contribution is -0.115. The van der Waals surface area contributed by atoms with E-state index in [0.29, 0.717) is 23.0 Å². The van der Waals surface area contributed by atoms with Crippen LogP contribution < -0.4 is 10.1 Å². The Morgan fingerprint density at radius 3 is 2.80 bits per heavy atom. The smallest absolute Gasteiger partial charge is 0.264 e. The standard InChI is InChI=1S/C14H16N2O3S/c1-19-11-5-3-10(4-6-11)9-12-13(18)16-14(20-12)15-7-2-8-17/h3-6,9,17H,2,7-8H2,1H3,(H,15,16,18)/b12-9-. The van der Waals surface area contributed by atoms with E-state index in [4.69, 9.17) is 9.84 Å². The molecule has 0 unspecified atom stereocenters. The van der Waals surface area contributed by atoms with E-state index in [1.54, 1.807) is 7.11 Å². The summed E-state index contributed by atoms with van der Waals surface area (Å²) in [6, 6.07) is 7.47. The fourth-order valence-electron chi connectivity index (χ4n) is 1.60. The number of nitrogens with one attached hydrogen (secondary N) is 1. The average molecular weight is 292 g/mol. The highest BCUT2D eigenvalue weighted by atomic mass is 32.2. The molecule has 0 saturated carbocycles. The lowest BCUT2D eigenvalue weighted by Gasteiger charge is -1.99. The monoisotopic (exact) mass is 292 g/mol. The minimum Gasteiger partial charge on any atom is -0.497 e. The van der Waals surface area contributed by atoms with Crippen molar-refractivity contribution in [2.45, 2.75) is 6.42 Å². The lowest BCUT2D eigenvalue weighted by Crippen LogP contribution is -2.20. The molecule has 0 bridgehead atoms. The van der Waals surface area contributed by atoms with Crippen LogP contribution in [0.15, 0.2) is 34.2 Å². The Labute approximate surface area is 121 Å². The van der Waals surface area contributed by atoms with Crippen molar-refractivity contribution in [3.63, 3.8) is 0 Å². The minimum atomic E-state index is -0.145. The van der Waals surface area contributed by atoms with Crippen molar-refractivity contribution >= 4 is 28.9 Å². The van der Waals surface area contributed by atoms with Crippen LogP contribution in [0.3, 0.4) is 0 Å². The molecule has 5 nitrogen and oxygen atoms in total. The summed E-state index contributed by atoms with van der Waals surface area (Å²) in [7, 11) is 1.61. The molecule has 1 amide bonds. The molecular weight excluding hydrogens is 276 g/mol. The number of benzene rings is 1. The van der Waals surface area contributed by atoms with Gasteiger partial charge in [-0.05, 0) is 42.0 Å². The average Bonchev–Trinajstić information content (AvgIpc) is 2.80. The van der Waals surface area contributed by atoms with Crippen LogP contribution in [0, 0.1) is 0 Å². The molecule has 1 fully saturated rings. The van der Waals surface area contributed by atoms with Crippen molar-refractivity contribution in [1.29, 1.82) is 0 Å². The molecule has 1 aromatic carbocycles. The van der Waals surface area contributed by atoms with Gasteiger partial charge in [0.05, 0.1) is 12.0 Å². The molecule has 1 aliphatic rings. The van der Waals surface area contributed by atoms with Gasteiger partial charge in [-0.2, -0.15) is 0 Å². The van der Waals surface area contributed by atoms with Crippen LogP contribution in [0.4, 0.5) is 0 Å². The summed E-state index contributed by atoms with van der Waals surface area (Å²) in [5.41, 5.74) is 0.931. The lowest BCUT2D eigenvalue weighted by atomic mass is 10.2. The van der Waals surface area contributed by atoms with E-state index in [9.17, 15) is 4.79 Å². The number of carbonyl (C=O) groups excluding carboxylic acids is 1. The van der Waals surface area contributed by atoms with Gasteiger partial charge in [0.2, 0.25) is 0 Å². The maximum Gasteiger partial charge on any atom is 0.264 e. The summed E-state index contributed by atoms with van der Waals surface area (Å²) in [4.78, 5) is 16.6. The van der Waals surface area contributed by atoms with E-state index in [-0.39, 0.29) is 12.5 Å². The number of ether oxygens (including phenoxy) is 1. The number of aliphatic imine (C=N–C) groups is 1. The Bertz CT molecular complexity index is 538. The highest BCUT2D eigenvalue weighted by Crippen LogP contribution is 2.26. The van der Waals surface area contributed by atoms with E-state index in [1.807, 2.05) is 30.3 Å². The maximum absolute atomic E-state index is 11.8. The molecule has 0 radical (unpaired) electrons. The number of hydrogen-bond donors (Lipinski definition) is 2. The van der Waals surface area contributed by atoms with Crippen molar-refractivity contribution in [3.05, 3.63) is 34.7 Å². The molecule has 1 aliphatic heterocycles. The number of thioether (sulfide) groups is 1. The summed E-state index contributed by atoms with van der Waals surface area (Å²) in [6.07, 6.45) is 2.41. The number of methoxy groups -OCH3 is 1. The van der Waals surface area contributed by atoms with Crippen molar-refractivity contribution in [1.82, 2.24) is 5.32 Å². The van der Waals surface area contributed by atoms with Gasteiger partial charge in [0.25, 0.3) is 5.91 Å². The summed E-state index contributed by atoms with van der Waals surface area (Å²) in [5.74, 6) is 0.635. The number of amides is 1. The summed E-state index contributed by atoms with van der Waals surface area (Å²) in [6.45, 7) is 0.610. The summed E-state index contributed by atoms with van der Waals surface area (Å²) < 4.78 is 5.09. The van der Waals surface area contributed by atoms with Crippen LogP contribution in [0.2, 0.25) is 0 Å². The van der Waals surface area contributed by atoms with Crippen molar-refractivity contribution in [2.24, 2.45) is 4.99 Å². The molecular formula is C14H16N2O3S. The van der Waals surface area contributed by atoms with Crippen LogP contribution in [0.1, 0.15) is 12.0 Å². The van der Waals surface area contributed by atoms with Gasteiger partial charge in [0.15, 0.2) is 5.17 Å². The van der Waals surface area contributed by atoms with E-state index >= 15 is 0 Å². The third-order valence-corrected chi connectivity index (χ3v) is 3.58. The summed E-state index contributed by atoms with van der Waals surface area (Å²) in [5, 5.41) is 12.0. The van der Waals surface area contributed by atoms with Crippen LogP contribution in [-0.4, -0.2) is 36.4 Å². The number of rotatable bonds is 5. The topological polar surface area (TPSA) is 70.9 Å².